The van der Waals surface area contributed by atoms with Crippen LogP contribution >= 0.6 is 11.6 Å². The highest BCUT2D eigenvalue weighted by atomic mass is 35.5. The summed E-state index contributed by atoms with van der Waals surface area (Å²) in [5, 5.41) is 7.81. The largest absolute Gasteiger partial charge is 0.493 e. The van der Waals surface area contributed by atoms with E-state index in [1.165, 1.54) is 0 Å². The smallest absolute Gasteiger partial charge is 0.259 e. The van der Waals surface area contributed by atoms with E-state index < -0.39 is 0 Å². The molecule has 0 bridgehead atoms. The Morgan fingerprint density at radius 2 is 2.08 bits per heavy atom. The van der Waals surface area contributed by atoms with Crippen molar-refractivity contribution in [1.29, 1.82) is 0 Å². The van der Waals surface area contributed by atoms with Crippen LogP contribution in [0.2, 0.25) is 5.02 Å². The maximum Gasteiger partial charge on any atom is 0.259 e. The second kappa shape index (κ2) is 7.85. The molecule has 0 radical (unpaired) electrons. The fraction of sp³-hybridized carbons (Fsp3) is 0.158. The number of rotatable bonds is 6. The first-order chi connectivity index (χ1) is 12.2. The third-order valence-electron chi connectivity index (χ3n) is 3.56. The zero-order valence-electron chi connectivity index (χ0n) is 13.8. The van der Waals surface area contributed by atoms with Crippen LogP contribution in [0.15, 0.2) is 60.9 Å². The predicted molar refractivity (Wildman–Crippen MR) is 98.3 cm³/mol. The molecule has 1 N–H and O–H groups in total. The zero-order valence-corrected chi connectivity index (χ0v) is 14.5. The molecule has 0 aliphatic rings. The molecule has 2 aromatic carbocycles. The molecule has 0 atom stereocenters. The van der Waals surface area contributed by atoms with Crippen molar-refractivity contribution < 1.29 is 9.53 Å². The highest BCUT2D eigenvalue weighted by Crippen LogP contribution is 2.20. The number of benzene rings is 2. The summed E-state index contributed by atoms with van der Waals surface area (Å²) < 4.78 is 7.24. The summed E-state index contributed by atoms with van der Waals surface area (Å²) in [6, 6.07) is 14.7. The Balaban J connectivity index is 1.70. The zero-order chi connectivity index (χ0) is 17.6. The van der Waals surface area contributed by atoms with Crippen LogP contribution in [0.25, 0.3) is 0 Å². The van der Waals surface area contributed by atoms with Crippen LogP contribution in [0, 0.1) is 0 Å². The minimum absolute atomic E-state index is 0.230. The van der Waals surface area contributed by atoms with Gasteiger partial charge in [-0.2, -0.15) is 5.10 Å². The molecule has 0 aliphatic carbocycles. The Kier molecular flexibility index (Phi) is 5.36. The quantitative estimate of drug-likeness (QED) is 0.719. The third-order valence-corrected chi connectivity index (χ3v) is 3.79. The number of halogens is 1. The van der Waals surface area contributed by atoms with Crippen LogP contribution in [0.5, 0.6) is 5.75 Å². The Morgan fingerprint density at radius 3 is 2.88 bits per heavy atom. The molecular formula is C19H18ClN3O2. The molecule has 0 spiro atoms. The van der Waals surface area contributed by atoms with Crippen molar-refractivity contribution in [2.45, 2.75) is 13.5 Å². The number of carbonyl (C=O) groups excluding carboxylic acids is 1. The van der Waals surface area contributed by atoms with Gasteiger partial charge in [0.05, 0.1) is 30.6 Å². The number of hydrogen-bond donors (Lipinski definition) is 1. The molecule has 0 saturated carbocycles. The lowest BCUT2D eigenvalue weighted by molar-refractivity contribution is 0.102. The Morgan fingerprint density at radius 1 is 1.24 bits per heavy atom. The SMILES string of the molecule is CCOc1ccccc1C(=O)Nc1cnn(Cc2cccc(Cl)c2)c1. The molecule has 3 aromatic rings. The standard InChI is InChI=1S/C19H18ClN3O2/c1-2-25-18-9-4-3-8-17(18)19(24)22-16-11-21-23(13-16)12-14-6-5-7-15(20)10-14/h3-11,13H,2,12H2,1H3,(H,22,24). The summed E-state index contributed by atoms with van der Waals surface area (Å²) in [7, 11) is 0. The average molecular weight is 356 g/mol. The van der Waals surface area contributed by atoms with E-state index in [-0.39, 0.29) is 5.91 Å². The molecule has 5 nitrogen and oxygen atoms in total. The van der Waals surface area contributed by atoms with Crippen LogP contribution in [-0.4, -0.2) is 22.3 Å². The molecule has 6 heteroatoms. The van der Waals surface area contributed by atoms with E-state index in [1.54, 1.807) is 35.3 Å². The van der Waals surface area contributed by atoms with E-state index in [2.05, 4.69) is 10.4 Å². The molecule has 0 aliphatic heterocycles. The number of anilines is 1. The van der Waals surface area contributed by atoms with Crippen LogP contribution < -0.4 is 10.1 Å². The summed E-state index contributed by atoms with van der Waals surface area (Å²) in [4.78, 5) is 12.5. The molecular weight excluding hydrogens is 338 g/mol. The van der Waals surface area contributed by atoms with Gasteiger partial charge in [-0.15, -0.1) is 0 Å². The number of carbonyl (C=O) groups is 1. The van der Waals surface area contributed by atoms with Crippen molar-refractivity contribution in [2.75, 3.05) is 11.9 Å². The van der Waals surface area contributed by atoms with Crippen molar-refractivity contribution in [1.82, 2.24) is 9.78 Å². The van der Waals surface area contributed by atoms with Crippen LogP contribution in [0.1, 0.15) is 22.8 Å². The summed E-state index contributed by atoms with van der Waals surface area (Å²) in [6.07, 6.45) is 3.40. The Labute approximate surface area is 151 Å². The van der Waals surface area contributed by atoms with Gasteiger partial charge >= 0.3 is 0 Å². The molecule has 1 aromatic heterocycles. The topological polar surface area (TPSA) is 56.1 Å². The van der Waals surface area contributed by atoms with E-state index in [9.17, 15) is 4.79 Å². The number of nitrogens with zero attached hydrogens (tertiary/aromatic N) is 2. The van der Waals surface area contributed by atoms with Gasteiger partial charge in [0.1, 0.15) is 5.75 Å². The van der Waals surface area contributed by atoms with Gasteiger partial charge in [-0.1, -0.05) is 35.9 Å². The van der Waals surface area contributed by atoms with Crippen molar-refractivity contribution in [3.63, 3.8) is 0 Å². The Hall–Kier alpha value is -2.79. The van der Waals surface area contributed by atoms with Crippen molar-refractivity contribution in [3.8, 4) is 5.75 Å². The fourth-order valence-electron chi connectivity index (χ4n) is 2.47. The van der Waals surface area contributed by atoms with Gasteiger partial charge in [0.15, 0.2) is 0 Å². The molecule has 1 heterocycles. The summed E-state index contributed by atoms with van der Waals surface area (Å²) >= 11 is 5.99. The molecule has 3 rings (SSSR count). The number of nitrogens with one attached hydrogen (secondary N) is 1. The van der Waals surface area contributed by atoms with Crippen LogP contribution in [0.3, 0.4) is 0 Å². The number of hydrogen-bond acceptors (Lipinski definition) is 3. The fourth-order valence-corrected chi connectivity index (χ4v) is 2.68. The summed E-state index contributed by atoms with van der Waals surface area (Å²) in [5.74, 6) is 0.333. The number of amides is 1. The van der Waals surface area contributed by atoms with Gasteiger partial charge in [-0.25, -0.2) is 0 Å². The van der Waals surface area contributed by atoms with Crippen LogP contribution in [-0.2, 0) is 6.54 Å². The molecule has 0 fully saturated rings. The van der Waals surface area contributed by atoms with E-state index >= 15 is 0 Å². The van der Waals surface area contributed by atoms with Crippen molar-refractivity contribution in [3.05, 3.63) is 77.1 Å². The molecule has 128 valence electrons. The molecule has 1 amide bonds. The number of ether oxygens (including phenoxy) is 1. The van der Waals surface area contributed by atoms with E-state index in [0.717, 1.165) is 5.56 Å². The predicted octanol–water partition coefficient (Wildman–Crippen LogP) is 4.24. The maximum atomic E-state index is 12.5. The number of aromatic nitrogens is 2. The average Bonchev–Trinajstić information content (AvgIpc) is 3.02. The normalized spacial score (nSPS) is 10.5. The molecule has 0 unspecified atom stereocenters. The van der Waals surface area contributed by atoms with E-state index in [0.29, 0.717) is 35.2 Å². The monoisotopic (exact) mass is 355 g/mol. The first kappa shape index (κ1) is 17.0. The van der Waals surface area contributed by atoms with Gasteiger partial charge < -0.3 is 10.1 Å². The van der Waals surface area contributed by atoms with Gasteiger partial charge in [0.25, 0.3) is 5.91 Å². The van der Waals surface area contributed by atoms with Gasteiger partial charge in [-0.3, -0.25) is 9.48 Å². The van der Waals surface area contributed by atoms with E-state index in [4.69, 9.17) is 16.3 Å². The second-order valence-corrected chi connectivity index (χ2v) is 5.88. The first-order valence-electron chi connectivity index (χ1n) is 7.96. The highest BCUT2D eigenvalue weighted by Gasteiger charge is 2.13. The molecule has 25 heavy (non-hydrogen) atoms. The number of para-hydroxylation sites is 1. The lowest BCUT2D eigenvalue weighted by atomic mass is 10.2. The second-order valence-electron chi connectivity index (χ2n) is 5.44. The lowest BCUT2D eigenvalue weighted by Gasteiger charge is -2.09. The highest BCUT2D eigenvalue weighted by molar-refractivity contribution is 6.30. The van der Waals surface area contributed by atoms with Crippen molar-refractivity contribution >= 4 is 23.2 Å². The first-order valence-corrected chi connectivity index (χ1v) is 8.33. The summed E-state index contributed by atoms with van der Waals surface area (Å²) in [6.45, 7) is 2.96. The minimum Gasteiger partial charge on any atom is -0.493 e. The minimum atomic E-state index is -0.230. The maximum absolute atomic E-state index is 12.5. The summed E-state index contributed by atoms with van der Waals surface area (Å²) in [5.41, 5.74) is 2.15. The van der Waals surface area contributed by atoms with Crippen LogP contribution in [0.4, 0.5) is 5.69 Å². The van der Waals surface area contributed by atoms with Gasteiger partial charge in [0, 0.05) is 11.2 Å². The molecule has 0 saturated heterocycles. The van der Waals surface area contributed by atoms with Gasteiger partial charge in [-0.05, 0) is 36.8 Å². The van der Waals surface area contributed by atoms with Gasteiger partial charge in [0.2, 0.25) is 0 Å². The lowest BCUT2D eigenvalue weighted by Crippen LogP contribution is -2.13. The third kappa shape index (κ3) is 4.39. The Bertz CT molecular complexity index is 876. The van der Waals surface area contributed by atoms with E-state index in [1.807, 2.05) is 37.3 Å². The van der Waals surface area contributed by atoms with Crippen molar-refractivity contribution in [2.24, 2.45) is 0 Å².